The molecule has 2 amide bonds. The van der Waals surface area contributed by atoms with Crippen molar-refractivity contribution in [3.8, 4) is 0 Å². The molecule has 1 aromatic rings. The van der Waals surface area contributed by atoms with E-state index in [4.69, 9.17) is 18.0 Å². The van der Waals surface area contributed by atoms with Gasteiger partial charge in [-0.2, -0.15) is 0 Å². The van der Waals surface area contributed by atoms with Crippen LogP contribution >= 0.6 is 12.2 Å². The molecule has 1 aromatic carbocycles. The van der Waals surface area contributed by atoms with Crippen LogP contribution in [0.4, 0.5) is 14.9 Å². The number of hydrogen-bond donors (Lipinski definition) is 3. The molecule has 4 N–H and O–H groups in total. The zero-order valence-corrected chi connectivity index (χ0v) is 10.9. The van der Waals surface area contributed by atoms with Crippen molar-refractivity contribution in [3.05, 3.63) is 29.6 Å². The van der Waals surface area contributed by atoms with E-state index in [0.29, 0.717) is 6.54 Å². The standard InChI is InChI=1S/C12H16FN3OS/c1-2-3-7-15-12(17)16-9-6-4-5-8(13)10(9)11(14)18/h4-6H,2-3,7H2,1H3,(H2,14,18)(H2,15,16,17). The van der Waals surface area contributed by atoms with Crippen LogP contribution in [0, 0.1) is 5.82 Å². The molecule has 1 rings (SSSR count). The van der Waals surface area contributed by atoms with Crippen LogP contribution in [-0.4, -0.2) is 17.6 Å². The molecule has 0 fully saturated rings. The average Bonchev–Trinajstić information content (AvgIpc) is 2.28. The minimum atomic E-state index is -0.547. The average molecular weight is 269 g/mol. The minimum Gasteiger partial charge on any atom is -0.389 e. The highest BCUT2D eigenvalue weighted by Gasteiger charge is 2.12. The van der Waals surface area contributed by atoms with Crippen molar-refractivity contribution >= 4 is 28.9 Å². The lowest BCUT2D eigenvalue weighted by Crippen LogP contribution is -2.30. The normalized spacial score (nSPS) is 9.89. The Morgan fingerprint density at radius 3 is 2.83 bits per heavy atom. The fourth-order valence-corrected chi connectivity index (χ4v) is 1.63. The van der Waals surface area contributed by atoms with Crippen molar-refractivity contribution in [2.45, 2.75) is 19.8 Å². The zero-order chi connectivity index (χ0) is 13.5. The van der Waals surface area contributed by atoms with E-state index in [-0.39, 0.29) is 16.2 Å². The number of benzene rings is 1. The lowest BCUT2D eigenvalue weighted by molar-refractivity contribution is 0.252. The van der Waals surface area contributed by atoms with Gasteiger partial charge in [0, 0.05) is 6.54 Å². The van der Waals surface area contributed by atoms with Gasteiger partial charge in [-0.05, 0) is 18.6 Å². The number of anilines is 1. The van der Waals surface area contributed by atoms with Gasteiger partial charge >= 0.3 is 6.03 Å². The summed E-state index contributed by atoms with van der Waals surface area (Å²) in [7, 11) is 0. The monoisotopic (exact) mass is 269 g/mol. The van der Waals surface area contributed by atoms with Gasteiger partial charge in [-0.25, -0.2) is 9.18 Å². The molecule has 18 heavy (non-hydrogen) atoms. The summed E-state index contributed by atoms with van der Waals surface area (Å²) in [5.41, 5.74) is 5.76. The summed E-state index contributed by atoms with van der Waals surface area (Å²) in [5.74, 6) is -0.547. The summed E-state index contributed by atoms with van der Waals surface area (Å²) in [5, 5.41) is 5.20. The van der Waals surface area contributed by atoms with Crippen LogP contribution in [0.1, 0.15) is 25.3 Å². The molecular formula is C12H16FN3OS. The molecule has 0 aromatic heterocycles. The zero-order valence-electron chi connectivity index (χ0n) is 10.1. The summed E-state index contributed by atoms with van der Waals surface area (Å²) in [6, 6.07) is 3.89. The van der Waals surface area contributed by atoms with Crippen molar-refractivity contribution in [1.29, 1.82) is 0 Å². The van der Waals surface area contributed by atoms with Crippen LogP contribution in [0.3, 0.4) is 0 Å². The van der Waals surface area contributed by atoms with Crippen LogP contribution < -0.4 is 16.4 Å². The highest BCUT2D eigenvalue weighted by molar-refractivity contribution is 7.80. The van der Waals surface area contributed by atoms with Crippen molar-refractivity contribution in [2.75, 3.05) is 11.9 Å². The van der Waals surface area contributed by atoms with E-state index in [0.717, 1.165) is 12.8 Å². The van der Waals surface area contributed by atoms with E-state index in [1.54, 1.807) is 6.07 Å². The summed E-state index contributed by atoms with van der Waals surface area (Å²) >= 11 is 4.76. The molecule has 0 aliphatic heterocycles. The summed E-state index contributed by atoms with van der Waals surface area (Å²) in [4.78, 5) is 11.5. The number of unbranched alkanes of at least 4 members (excludes halogenated alkanes) is 1. The van der Waals surface area contributed by atoms with Gasteiger partial charge in [-0.15, -0.1) is 0 Å². The SMILES string of the molecule is CCCCNC(=O)Nc1cccc(F)c1C(N)=S. The molecule has 4 nitrogen and oxygen atoms in total. The number of thiocarbonyl (C=S) groups is 1. The molecule has 0 unspecified atom stereocenters. The molecule has 0 radical (unpaired) electrons. The largest absolute Gasteiger partial charge is 0.389 e. The van der Waals surface area contributed by atoms with Crippen molar-refractivity contribution in [3.63, 3.8) is 0 Å². The second-order valence-corrected chi connectivity index (χ2v) is 4.20. The second-order valence-electron chi connectivity index (χ2n) is 3.76. The maximum absolute atomic E-state index is 13.5. The van der Waals surface area contributed by atoms with E-state index in [9.17, 15) is 9.18 Å². The maximum atomic E-state index is 13.5. The molecule has 0 aliphatic carbocycles. The third kappa shape index (κ3) is 3.96. The lowest BCUT2D eigenvalue weighted by atomic mass is 10.1. The Balaban J connectivity index is 2.75. The van der Waals surface area contributed by atoms with Crippen LogP contribution in [0.5, 0.6) is 0 Å². The first-order valence-corrected chi connectivity index (χ1v) is 6.10. The van der Waals surface area contributed by atoms with Crippen LogP contribution in [0.2, 0.25) is 0 Å². The van der Waals surface area contributed by atoms with Crippen LogP contribution in [0.15, 0.2) is 18.2 Å². The van der Waals surface area contributed by atoms with Gasteiger partial charge in [0.05, 0.1) is 11.3 Å². The van der Waals surface area contributed by atoms with Crippen LogP contribution in [-0.2, 0) is 0 Å². The first-order valence-electron chi connectivity index (χ1n) is 5.69. The first-order chi connectivity index (χ1) is 8.56. The Morgan fingerprint density at radius 1 is 1.50 bits per heavy atom. The van der Waals surface area contributed by atoms with Gasteiger partial charge in [0.1, 0.15) is 10.8 Å². The smallest absolute Gasteiger partial charge is 0.319 e. The van der Waals surface area contributed by atoms with E-state index in [1.165, 1.54) is 12.1 Å². The molecule has 0 bridgehead atoms. The number of amides is 2. The van der Waals surface area contributed by atoms with Gasteiger partial charge < -0.3 is 16.4 Å². The number of carbonyl (C=O) groups excluding carboxylic acids is 1. The highest BCUT2D eigenvalue weighted by atomic mass is 32.1. The number of urea groups is 1. The Labute approximate surface area is 111 Å². The number of rotatable bonds is 5. The van der Waals surface area contributed by atoms with Gasteiger partial charge in [0.15, 0.2) is 0 Å². The Hall–Kier alpha value is -1.69. The number of halogens is 1. The summed E-state index contributed by atoms with van der Waals surface area (Å²) in [6.45, 7) is 2.59. The Kier molecular flexibility index (Phi) is 5.51. The van der Waals surface area contributed by atoms with E-state index >= 15 is 0 Å². The maximum Gasteiger partial charge on any atom is 0.319 e. The predicted octanol–water partition coefficient (Wildman–Crippen LogP) is 2.38. The van der Waals surface area contributed by atoms with Crippen LogP contribution in [0.25, 0.3) is 0 Å². The van der Waals surface area contributed by atoms with Gasteiger partial charge in [0.25, 0.3) is 0 Å². The van der Waals surface area contributed by atoms with E-state index in [2.05, 4.69) is 10.6 Å². The van der Waals surface area contributed by atoms with Gasteiger partial charge in [-0.1, -0.05) is 31.6 Å². The molecule has 98 valence electrons. The fraction of sp³-hybridized carbons (Fsp3) is 0.333. The molecule has 0 atom stereocenters. The van der Waals surface area contributed by atoms with E-state index < -0.39 is 11.8 Å². The Morgan fingerprint density at radius 2 is 2.22 bits per heavy atom. The van der Waals surface area contributed by atoms with Gasteiger partial charge in [0.2, 0.25) is 0 Å². The third-order valence-electron chi connectivity index (χ3n) is 2.32. The molecule has 0 aliphatic rings. The fourth-order valence-electron chi connectivity index (χ4n) is 1.42. The predicted molar refractivity (Wildman–Crippen MR) is 74.2 cm³/mol. The summed E-state index contributed by atoms with van der Waals surface area (Å²) in [6.07, 6.45) is 1.87. The number of nitrogens with one attached hydrogen (secondary N) is 2. The highest BCUT2D eigenvalue weighted by Crippen LogP contribution is 2.18. The van der Waals surface area contributed by atoms with E-state index in [1.807, 2.05) is 6.92 Å². The molecule has 6 heteroatoms. The molecule has 0 saturated heterocycles. The number of hydrogen-bond acceptors (Lipinski definition) is 2. The van der Waals surface area contributed by atoms with Crippen molar-refractivity contribution in [1.82, 2.24) is 5.32 Å². The Bertz CT molecular complexity index is 451. The van der Waals surface area contributed by atoms with Crippen molar-refractivity contribution in [2.24, 2.45) is 5.73 Å². The number of nitrogens with two attached hydrogens (primary N) is 1. The topological polar surface area (TPSA) is 67.2 Å². The molecule has 0 heterocycles. The molecular weight excluding hydrogens is 253 g/mol. The minimum absolute atomic E-state index is 0.0538. The lowest BCUT2D eigenvalue weighted by Gasteiger charge is -2.11. The summed E-state index contributed by atoms with van der Waals surface area (Å²) < 4.78 is 13.5. The quantitative estimate of drug-likeness (QED) is 0.568. The molecule has 0 spiro atoms. The first kappa shape index (κ1) is 14.4. The second kappa shape index (κ2) is 6.90. The number of carbonyl (C=O) groups is 1. The van der Waals surface area contributed by atoms with Gasteiger partial charge in [-0.3, -0.25) is 0 Å². The van der Waals surface area contributed by atoms with Crippen molar-refractivity contribution < 1.29 is 9.18 Å². The molecule has 0 saturated carbocycles. The third-order valence-corrected chi connectivity index (χ3v) is 2.53.